The molecule has 0 saturated heterocycles. The quantitative estimate of drug-likeness (QED) is 0.315. The second kappa shape index (κ2) is 43.2. The number of rotatable bonds is 4. The molecule has 0 aliphatic carbocycles. The van der Waals surface area contributed by atoms with Crippen LogP contribution in [-0.2, 0) is 26.5 Å². The number of hydrogen-bond acceptors (Lipinski definition) is 3. The predicted octanol–water partition coefficient (Wildman–Crippen LogP) is 0.975. The second-order valence-electron chi connectivity index (χ2n) is 1.24. The summed E-state index contributed by atoms with van der Waals surface area (Å²) in [5.74, 6) is 0. The molecule has 0 spiro atoms. The summed E-state index contributed by atoms with van der Waals surface area (Å²) in [5.41, 5.74) is 0. The summed E-state index contributed by atoms with van der Waals surface area (Å²) >= 11 is 0. The Labute approximate surface area is 90.3 Å². The zero-order valence-corrected chi connectivity index (χ0v) is 9.48. The average molecular weight is 211 g/mol. The first-order valence-corrected chi connectivity index (χ1v) is 3.33. The van der Waals surface area contributed by atoms with E-state index in [1.165, 1.54) is 6.26 Å². The Morgan fingerprint density at radius 2 is 1.75 bits per heavy atom. The van der Waals surface area contributed by atoms with Crippen LogP contribution in [0.4, 0.5) is 0 Å². The molecule has 2 N–H and O–H groups in total. The minimum absolute atomic E-state index is 0. The van der Waals surface area contributed by atoms with Crippen molar-refractivity contribution >= 4 is 0 Å². The largest absolute Gasteiger partial charge is 0.502 e. The van der Waals surface area contributed by atoms with Gasteiger partial charge in [0, 0.05) is 35.9 Å². The van der Waals surface area contributed by atoms with E-state index in [9.17, 15) is 0 Å². The van der Waals surface area contributed by atoms with E-state index >= 15 is 0 Å². The summed E-state index contributed by atoms with van der Waals surface area (Å²) in [5, 5.41) is 14.0. The van der Waals surface area contributed by atoms with E-state index in [0.717, 1.165) is 33.7 Å². The van der Waals surface area contributed by atoms with Crippen molar-refractivity contribution in [3.8, 4) is 0 Å². The first-order chi connectivity index (χ1) is 5.41. The monoisotopic (exact) mass is 211 g/mol. The van der Waals surface area contributed by atoms with Crippen LogP contribution in [0.3, 0.4) is 0 Å². The first kappa shape index (κ1) is 22.8. The van der Waals surface area contributed by atoms with E-state index in [0.29, 0.717) is 0 Å². The Bertz CT molecular complexity index is 51.6. The Hall–Kier alpha value is 0.174. The molecule has 4 heteroatoms. The normalized spacial score (nSPS) is 5.75. The molecule has 3 nitrogen and oxygen atoms in total. The van der Waals surface area contributed by atoms with Crippen LogP contribution in [0.2, 0.25) is 0 Å². The number of unbranched alkanes of at least 4 members (excludes halogenated alkanes) is 1. The Balaban J connectivity index is -0.0000000560. The maximum Gasteiger partial charge on any atom is 0.0848 e. The molecule has 0 bridgehead atoms. The van der Waals surface area contributed by atoms with Gasteiger partial charge in [-0.1, -0.05) is 6.58 Å². The van der Waals surface area contributed by atoms with Gasteiger partial charge in [0.15, 0.2) is 0 Å². The summed E-state index contributed by atoms with van der Waals surface area (Å²) in [4.78, 5) is 0. The van der Waals surface area contributed by atoms with Crippen LogP contribution in [0.15, 0.2) is 12.8 Å². The Morgan fingerprint density at radius 1 is 1.33 bits per heavy atom. The van der Waals surface area contributed by atoms with Crippen LogP contribution in [0.1, 0.15) is 12.8 Å². The number of hydrogen-bond donors (Lipinski definition) is 2. The van der Waals surface area contributed by atoms with Crippen molar-refractivity contribution in [3.63, 3.8) is 0 Å². The Kier molecular flexibility index (Phi) is 81.9. The molecule has 0 heterocycles. The summed E-state index contributed by atoms with van der Waals surface area (Å²) in [6, 6.07) is 0. The van der Waals surface area contributed by atoms with Crippen molar-refractivity contribution in [1.29, 1.82) is 0 Å². The van der Waals surface area contributed by atoms with Gasteiger partial charge in [-0.3, -0.25) is 0 Å². The number of ether oxygens (including phenoxy) is 1. The summed E-state index contributed by atoms with van der Waals surface area (Å²) in [7, 11) is 2.00. The van der Waals surface area contributed by atoms with Crippen LogP contribution in [0, 0.1) is 6.92 Å². The molecule has 0 aromatic heterocycles. The zero-order valence-electron chi connectivity index (χ0n) is 7.92. The molecule has 0 aromatic rings. The minimum atomic E-state index is 0. The number of aliphatic hydroxyl groups is 2. The van der Waals surface area contributed by atoms with Crippen molar-refractivity contribution < 1.29 is 36.7 Å². The smallest absolute Gasteiger partial charge is 0.0848 e. The van der Waals surface area contributed by atoms with E-state index in [-0.39, 0.29) is 21.7 Å². The molecule has 0 aromatic carbocycles. The van der Waals surface area contributed by atoms with Gasteiger partial charge >= 0.3 is 0 Å². The van der Waals surface area contributed by atoms with Crippen LogP contribution >= 0.6 is 0 Å². The zero-order chi connectivity index (χ0) is 9.54. The van der Waals surface area contributed by atoms with E-state index in [1.54, 1.807) is 0 Å². The third kappa shape index (κ3) is 49.1. The van der Waals surface area contributed by atoms with E-state index in [4.69, 9.17) is 14.9 Å². The van der Waals surface area contributed by atoms with Crippen LogP contribution in [0.5, 0.6) is 0 Å². The van der Waals surface area contributed by atoms with Gasteiger partial charge in [0.2, 0.25) is 0 Å². The minimum Gasteiger partial charge on any atom is -0.502 e. The summed E-state index contributed by atoms with van der Waals surface area (Å²) in [6.45, 7) is 7.79. The van der Waals surface area contributed by atoms with Crippen LogP contribution in [-0.4, -0.2) is 31.0 Å². The van der Waals surface area contributed by atoms with Gasteiger partial charge in [-0.2, -0.15) is 6.42 Å². The topological polar surface area (TPSA) is 49.7 Å². The second-order valence-corrected chi connectivity index (χ2v) is 1.24. The average Bonchev–Trinajstić information content (AvgIpc) is 2.13. The van der Waals surface area contributed by atoms with Gasteiger partial charge in [-0.25, -0.2) is 0 Å². The molecule has 0 rings (SSSR count). The molecule has 12 heavy (non-hydrogen) atoms. The van der Waals surface area contributed by atoms with E-state index in [2.05, 4.69) is 13.5 Å². The maximum atomic E-state index is 7.00. The molecule has 0 aliphatic rings. The van der Waals surface area contributed by atoms with Gasteiger partial charge in [-0.15, -0.1) is 0 Å². The van der Waals surface area contributed by atoms with Crippen molar-refractivity contribution in [2.45, 2.75) is 12.8 Å². The van der Waals surface area contributed by atoms with Gasteiger partial charge in [0.1, 0.15) is 0 Å². The standard InChI is InChI=1S/C6H11O.2CH4O.Ti/c1-3-5-6-7-4-2;2*1-2;/h4H,1-3,5-6H2;2*2H,1H3;/q-1;;;. The fourth-order valence-corrected chi connectivity index (χ4v) is 0.269. The predicted molar refractivity (Wildman–Crippen MR) is 47.0 cm³/mol. The third-order valence-corrected chi connectivity index (χ3v) is 0.630. The SMILES string of the molecule is C=COCCC[CH2-].CO.CO.[Ti]. The molecule has 0 unspecified atom stereocenters. The third-order valence-electron chi connectivity index (χ3n) is 0.630. The molecule has 74 valence electrons. The molecule has 0 radical (unpaired) electrons. The maximum absolute atomic E-state index is 7.00. The van der Waals surface area contributed by atoms with Crippen LogP contribution < -0.4 is 0 Å². The van der Waals surface area contributed by atoms with Crippen LogP contribution in [0.25, 0.3) is 0 Å². The van der Waals surface area contributed by atoms with Gasteiger partial charge in [-0.05, 0) is 6.42 Å². The molecule has 0 aliphatic heterocycles. The molecular formula is C8H19O3Ti-. The molecule has 0 saturated carbocycles. The van der Waals surface area contributed by atoms with Crippen molar-refractivity contribution in [2.24, 2.45) is 0 Å². The summed E-state index contributed by atoms with van der Waals surface area (Å²) in [6.07, 6.45) is 3.41. The molecule has 0 atom stereocenters. The van der Waals surface area contributed by atoms with Crippen molar-refractivity contribution in [3.05, 3.63) is 19.8 Å². The molecule has 0 amide bonds. The van der Waals surface area contributed by atoms with Crippen molar-refractivity contribution in [1.82, 2.24) is 0 Å². The van der Waals surface area contributed by atoms with Gasteiger partial charge < -0.3 is 21.9 Å². The Morgan fingerprint density at radius 3 is 2.00 bits per heavy atom. The first-order valence-electron chi connectivity index (χ1n) is 3.33. The fourth-order valence-electron chi connectivity index (χ4n) is 0.269. The van der Waals surface area contributed by atoms with Crippen molar-refractivity contribution in [2.75, 3.05) is 20.8 Å². The fraction of sp³-hybridized carbons (Fsp3) is 0.625. The molecular weight excluding hydrogens is 192 g/mol. The summed E-state index contributed by atoms with van der Waals surface area (Å²) < 4.78 is 4.80. The van der Waals surface area contributed by atoms with E-state index < -0.39 is 0 Å². The van der Waals surface area contributed by atoms with Gasteiger partial charge in [0.25, 0.3) is 0 Å². The van der Waals surface area contributed by atoms with E-state index in [1.807, 2.05) is 0 Å². The number of aliphatic hydroxyl groups excluding tert-OH is 2. The molecule has 0 fully saturated rings. The van der Waals surface area contributed by atoms with Gasteiger partial charge in [0.05, 0.1) is 12.9 Å².